The maximum atomic E-state index is 5.65. The van der Waals surface area contributed by atoms with Crippen molar-refractivity contribution >= 4 is 11.4 Å². The number of methoxy groups -OCH3 is 2. The monoisotopic (exact) mass is 300 g/mol. The lowest BCUT2D eigenvalue weighted by Gasteiger charge is -2.07. The molecule has 116 valence electrons. The number of ether oxygens (including phenoxy) is 2. The molecule has 0 saturated heterocycles. The topological polar surface area (TPSA) is 95.2 Å². The van der Waals surface area contributed by atoms with Crippen LogP contribution >= 0.6 is 0 Å². The summed E-state index contributed by atoms with van der Waals surface area (Å²) < 4.78 is 10.6. The molecule has 2 aromatic rings. The fraction of sp³-hybridized carbons (Fsp3) is 0.250. The summed E-state index contributed by atoms with van der Waals surface area (Å²) in [7, 11) is 3.18. The molecule has 4 N–H and O–H groups in total. The SMILES string of the molecule is COc1ccc(CN)cc1/N=N/c1cc(CN)ccc1OC. The lowest BCUT2D eigenvalue weighted by Crippen LogP contribution is -1.96. The van der Waals surface area contributed by atoms with Gasteiger partial charge in [0.05, 0.1) is 14.2 Å². The van der Waals surface area contributed by atoms with Gasteiger partial charge in [0.1, 0.15) is 22.9 Å². The Morgan fingerprint density at radius 2 is 1.18 bits per heavy atom. The Balaban J connectivity index is 2.39. The Morgan fingerprint density at radius 1 is 0.773 bits per heavy atom. The molecule has 6 heteroatoms. The highest BCUT2D eigenvalue weighted by molar-refractivity contribution is 5.56. The van der Waals surface area contributed by atoms with Crippen LogP contribution in [-0.2, 0) is 13.1 Å². The average molecular weight is 300 g/mol. The zero-order valence-electron chi connectivity index (χ0n) is 12.7. The van der Waals surface area contributed by atoms with Gasteiger partial charge in [0.2, 0.25) is 0 Å². The third kappa shape index (κ3) is 3.60. The summed E-state index contributed by atoms with van der Waals surface area (Å²) in [4.78, 5) is 0. The van der Waals surface area contributed by atoms with Gasteiger partial charge in [0.25, 0.3) is 0 Å². The van der Waals surface area contributed by atoms with Gasteiger partial charge < -0.3 is 20.9 Å². The summed E-state index contributed by atoms with van der Waals surface area (Å²) in [5.74, 6) is 1.27. The second kappa shape index (κ2) is 7.53. The van der Waals surface area contributed by atoms with Crippen LogP contribution in [-0.4, -0.2) is 14.2 Å². The van der Waals surface area contributed by atoms with E-state index in [1.54, 1.807) is 14.2 Å². The number of hydrogen-bond acceptors (Lipinski definition) is 6. The molecule has 0 amide bonds. The lowest BCUT2D eigenvalue weighted by molar-refractivity contribution is 0.414. The molecular weight excluding hydrogens is 280 g/mol. The van der Waals surface area contributed by atoms with E-state index in [1.165, 1.54) is 0 Å². The molecule has 0 bridgehead atoms. The molecule has 0 unspecified atom stereocenters. The zero-order chi connectivity index (χ0) is 15.9. The summed E-state index contributed by atoms with van der Waals surface area (Å²) in [6.07, 6.45) is 0. The van der Waals surface area contributed by atoms with E-state index in [-0.39, 0.29) is 0 Å². The second-order valence-corrected chi connectivity index (χ2v) is 4.62. The summed E-state index contributed by atoms with van der Waals surface area (Å²) in [5, 5.41) is 8.53. The number of hydrogen-bond donors (Lipinski definition) is 2. The van der Waals surface area contributed by atoms with Gasteiger partial charge in [-0.3, -0.25) is 0 Å². The van der Waals surface area contributed by atoms with E-state index in [9.17, 15) is 0 Å². The highest BCUT2D eigenvalue weighted by atomic mass is 16.5. The molecule has 2 rings (SSSR count). The Hall–Kier alpha value is -2.44. The van der Waals surface area contributed by atoms with Gasteiger partial charge in [0, 0.05) is 13.1 Å². The number of nitrogens with zero attached hydrogens (tertiary/aromatic N) is 2. The fourth-order valence-corrected chi connectivity index (χ4v) is 1.99. The van der Waals surface area contributed by atoms with E-state index in [2.05, 4.69) is 10.2 Å². The van der Waals surface area contributed by atoms with Crippen LogP contribution in [0, 0.1) is 0 Å². The van der Waals surface area contributed by atoms with Crippen LogP contribution in [0.5, 0.6) is 11.5 Å². The van der Waals surface area contributed by atoms with Gasteiger partial charge in [-0.2, -0.15) is 0 Å². The summed E-state index contributed by atoms with van der Waals surface area (Å²) in [6.45, 7) is 0.858. The van der Waals surface area contributed by atoms with Crippen molar-refractivity contribution in [1.82, 2.24) is 0 Å². The Morgan fingerprint density at radius 3 is 1.50 bits per heavy atom. The van der Waals surface area contributed by atoms with Gasteiger partial charge >= 0.3 is 0 Å². The normalized spacial score (nSPS) is 10.9. The predicted molar refractivity (Wildman–Crippen MR) is 85.9 cm³/mol. The molecule has 6 nitrogen and oxygen atoms in total. The van der Waals surface area contributed by atoms with Crippen LogP contribution in [0.4, 0.5) is 11.4 Å². The van der Waals surface area contributed by atoms with Crippen LogP contribution in [0.3, 0.4) is 0 Å². The van der Waals surface area contributed by atoms with Crippen LogP contribution in [0.2, 0.25) is 0 Å². The third-order valence-corrected chi connectivity index (χ3v) is 3.22. The van der Waals surface area contributed by atoms with Gasteiger partial charge in [-0.05, 0) is 35.4 Å². The van der Waals surface area contributed by atoms with Crippen molar-refractivity contribution in [3.05, 3.63) is 47.5 Å². The van der Waals surface area contributed by atoms with E-state index in [4.69, 9.17) is 20.9 Å². The molecule has 0 heterocycles. The standard InChI is InChI=1S/C16H20N4O2/c1-21-15-5-3-11(9-17)7-13(15)19-20-14-8-12(10-18)4-6-16(14)22-2/h3-8H,9-10,17-18H2,1-2H3/b20-19+. The van der Waals surface area contributed by atoms with Crippen LogP contribution in [0.15, 0.2) is 46.6 Å². The third-order valence-electron chi connectivity index (χ3n) is 3.22. The average Bonchev–Trinajstić information content (AvgIpc) is 2.59. The van der Waals surface area contributed by atoms with E-state index in [0.717, 1.165) is 11.1 Å². The minimum absolute atomic E-state index is 0.429. The van der Waals surface area contributed by atoms with E-state index < -0.39 is 0 Å². The quantitative estimate of drug-likeness (QED) is 0.801. The maximum Gasteiger partial charge on any atom is 0.146 e. The molecule has 2 aromatic carbocycles. The highest BCUT2D eigenvalue weighted by Crippen LogP contribution is 2.33. The predicted octanol–water partition coefficient (Wildman–Crippen LogP) is 3.04. The maximum absolute atomic E-state index is 5.65. The molecule has 0 aromatic heterocycles. The minimum Gasteiger partial charge on any atom is -0.494 e. The summed E-state index contributed by atoms with van der Waals surface area (Å²) in [5.41, 5.74) is 14.5. The smallest absolute Gasteiger partial charge is 0.146 e. The van der Waals surface area contributed by atoms with E-state index >= 15 is 0 Å². The highest BCUT2D eigenvalue weighted by Gasteiger charge is 2.06. The summed E-state index contributed by atoms with van der Waals surface area (Å²) >= 11 is 0. The number of benzene rings is 2. The number of rotatable bonds is 6. The van der Waals surface area contributed by atoms with Crippen molar-refractivity contribution in [3.8, 4) is 11.5 Å². The number of azo groups is 1. The Labute approximate surface area is 129 Å². The molecule has 0 radical (unpaired) electrons. The van der Waals surface area contributed by atoms with Crippen LogP contribution in [0.1, 0.15) is 11.1 Å². The molecule has 22 heavy (non-hydrogen) atoms. The van der Waals surface area contributed by atoms with Gasteiger partial charge in [-0.1, -0.05) is 12.1 Å². The number of nitrogens with two attached hydrogens (primary N) is 2. The van der Waals surface area contributed by atoms with Crippen molar-refractivity contribution in [1.29, 1.82) is 0 Å². The molecule has 0 aliphatic heterocycles. The zero-order valence-corrected chi connectivity index (χ0v) is 12.7. The molecule has 0 spiro atoms. The molecule has 0 aliphatic carbocycles. The lowest BCUT2D eigenvalue weighted by atomic mass is 10.2. The molecule has 0 aliphatic rings. The Bertz CT molecular complexity index is 614. The van der Waals surface area contributed by atoms with Crippen molar-refractivity contribution in [2.45, 2.75) is 13.1 Å². The Kier molecular flexibility index (Phi) is 5.46. The molecule has 0 atom stereocenters. The first-order valence-electron chi connectivity index (χ1n) is 6.87. The van der Waals surface area contributed by atoms with Crippen molar-refractivity contribution in [2.24, 2.45) is 21.7 Å². The van der Waals surface area contributed by atoms with E-state index in [1.807, 2.05) is 36.4 Å². The summed E-state index contributed by atoms with van der Waals surface area (Å²) in [6, 6.07) is 11.1. The molecular formula is C16H20N4O2. The largest absolute Gasteiger partial charge is 0.494 e. The second-order valence-electron chi connectivity index (χ2n) is 4.62. The van der Waals surface area contributed by atoms with Crippen molar-refractivity contribution in [2.75, 3.05) is 14.2 Å². The van der Waals surface area contributed by atoms with Gasteiger partial charge in [-0.15, -0.1) is 10.2 Å². The first-order chi connectivity index (χ1) is 10.7. The van der Waals surface area contributed by atoms with E-state index in [0.29, 0.717) is 36.0 Å². The molecule has 0 saturated carbocycles. The van der Waals surface area contributed by atoms with Gasteiger partial charge in [0.15, 0.2) is 0 Å². The van der Waals surface area contributed by atoms with Crippen molar-refractivity contribution < 1.29 is 9.47 Å². The van der Waals surface area contributed by atoms with Crippen LogP contribution < -0.4 is 20.9 Å². The minimum atomic E-state index is 0.429. The van der Waals surface area contributed by atoms with Crippen LogP contribution in [0.25, 0.3) is 0 Å². The molecule has 0 fully saturated rings. The fourth-order valence-electron chi connectivity index (χ4n) is 1.99. The first kappa shape index (κ1) is 15.9. The van der Waals surface area contributed by atoms with Gasteiger partial charge in [-0.25, -0.2) is 0 Å². The first-order valence-corrected chi connectivity index (χ1v) is 6.87. The van der Waals surface area contributed by atoms with Crippen molar-refractivity contribution in [3.63, 3.8) is 0 Å².